The van der Waals surface area contributed by atoms with Crippen molar-refractivity contribution < 1.29 is 4.92 Å². The van der Waals surface area contributed by atoms with Gasteiger partial charge in [-0.1, -0.05) is 13.8 Å². The first-order chi connectivity index (χ1) is 8.98. The standard InChI is InChI=1S/C12H20N4O2S/c1-4-12(5-2,19-3)8-14-10-7-6-9(16(17)18)11(13)15-10/h6-7H,4-5,8H2,1-3H3,(H3,13,14,15). The van der Waals surface area contributed by atoms with Crippen LogP contribution in [0.1, 0.15) is 26.7 Å². The Labute approximate surface area is 117 Å². The SMILES string of the molecule is CCC(CC)(CNc1ccc([N+](=O)[O-])c(N)n1)SC. The third-order valence-corrected chi connectivity index (χ3v) is 5.00. The first-order valence-corrected chi connectivity index (χ1v) is 7.40. The molecule has 0 atom stereocenters. The molecular weight excluding hydrogens is 264 g/mol. The minimum Gasteiger partial charge on any atom is -0.378 e. The smallest absolute Gasteiger partial charge is 0.311 e. The molecule has 0 saturated carbocycles. The van der Waals surface area contributed by atoms with E-state index in [9.17, 15) is 10.1 Å². The number of thioether (sulfide) groups is 1. The van der Waals surface area contributed by atoms with Crippen LogP contribution in [0.3, 0.4) is 0 Å². The van der Waals surface area contributed by atoms with Crippen molar-refractivity contribution in [3.63, 3.8) is 0 Å². The van der Waals surface area contributed by atoms with Gasteiger partial charge in [0.05, 0.1) is 4.92 Å². The summed E-state index contributed by atoms with van der Waals surface area (Å²) in [6.07, 6.45) is 4.17. The molecule has 0 aromatic carbocycles. The van der Waals surface area contributed by atoms with Gasteiger partial charge in [-0.25, -0.2) is 4.98 Å². The zero-order valence-corrected chi connectivity index (χ0v) is 12.3. The van der Waals surface area contributed by atoms with Crippen LogP contribution < -0.4 is 11.1 Å². The third kappa shape index (κ3) is 3.73. The van der Waals surface area contributed by atoms with Gasteiger partial charge < -0.3 is 11.1 Å². The van der Waals surface area contributed by atoms with Crippen molar-refractivity contribution in [1.82, 2.24) is 4.98 Å². The van der Waals surface area contributed by atoms with Gasteiger partial charge in [0.15, 0.2) is 0 Å². The minimum absolute atomic E-state index is 0.0576. The highest BCUT2D eigenvalue weighted by atomic mass is 32.2. The van der Waals surface area contributed by atoms with E-state index in [1.165, 1.54) is 6.07 Å². The Balaban J connectivity index is 2.78. The van der Waals surface area contributed by atoms with Crippen LogP contribution >= 0.6 is 11.8 Å². The lowest BCUT2D eigenvalue weighted by atomic mass is 10.0. The first kappa shape index (κ1) is 15.6. The Morgan fingerprint density at radius 1 is 1.47 bits per heavy atom. The van der Waals surface area contributed by atoms with E-state index in [-0.39, 0.29) is 16.3 Å². The number of rotatable bonds is 7. The van der Waals surface area contributed by atoms with Crippen molar-refractivity contribution in [3.05, 3.63) is 22.2 Å². The highest BCUT2D eigenvalue weighted by Crippen LogP contribution is 2.31. The molecule has 1 aromatic rings. The zero-order chi connectivity index (χ0) is 14.5. The fraction of sp³-hybridized carbons (Fsp3) is 0.583. The molecule has 106 valence electrons. The van der Waals surface area contributed by atoms with Gasteiger partial charge in [0.25, 0.3) is 0 Å². The molecule has 0 saturated heterocycles. The van der Waals surface area contributed by atoms with Gasteiger partial charge in [0.2, 0.25) is 5.82 Å². The van der Waals surface area contributed by atoms with E-state index in [2.05, 4.69) is 30.4 Å². The van der Waals surface area contributed by atoms with E-state index < -0.39 is 4.92 Å². The lowest BCUT2D eigenvalue weighted by Crippen LogP contribution is -2.32. The largest absolute Gasteiger partial charge is 0.378 e. The molecule has 0 unspecified atom stereocenters. The van der Waals surface area contributed by atoms with E-state index in [4.69, 9.17) is 5.73 Å². The lowest BCUT2D eigenvalue weighted by molar-refractivity contribution is -0.384. The number of nitrogens with zero attached hydrogens (tertiary/aromatic N) is 2. The van der Waals surface area contributed by atoms with Crippen LogP contribution in [0.25, 0.3) is 0 Å². The topological polar surface area (TPSA) is 94.1 Å². The molecule has 0 radical (unpaired) electrons. The Bertz CT molecular complexity index is 441. The maximum Gasteiger partial charge on any atom is 0.311 e. The van der Waals surface area contributed by atoms with E-state index in [1.807, 2.05) is 11.8 Å². The number of hydrogen-bond acceptors (Lipinski definition) is 6. The predicted octanol–water partition coefficient (Wildman–Crippen LogP) is 2.91. The molecule has 3 N–H and O–H groups in total. The second-order valence-corrected chi connectivity index (χ2v) is 5.58. The molecule has 0 bridgehead atoms. The number of anilines is 2. The molecule has 0 aliphatic rings. The molecule has 1 rings (SSSR count). The summed E-state index contributed by atoms with van der Waals surface area (Å²) in [5.41, 5.74) is 5.40. The quantitative estimate of drug-likeness (QED) is 0.590. The van der Waals surface area contributed by atoms with Crippen molar-refractivity contribution in [1.29, 1.82) is 0 Å². The molecule has 1 heterocycles. The van der Waals surface area contributed by atoms with Crippen LogP contribution in [0.15, 0.2) is 12.1 Å². The Kier molecular flexibility index (Phi) is 5.41. The van der Waals surface area contributed by atoms with Crippen LogP contribution in [0.2, 0.25) is 0 Å². The van der Waals surface area contributed by atoms with Gasteiger partial charge >= 0.3 is 5.69 Å². The predicted molar refractivity (Wildman–Crippen MR) is 80.6 cm³/mol. The fourth-order valence-electron chi connectivity index (χ4n) is 1.83. The van der Waals surface area contributed by atoms with Crippen molar-refractivity contribution in [2.24, 2.45) is 0 Å². The number of nitrogens with two attached hydrogens (primary N) is 1. The average molecular weight is 284 g/mol. The number of aromatic nitrogens is 1. The molecule has 6 nitrogen and oxygen atoms in total. The summed E-state index contributed by atoms with van der Waals surface area (Å²) in [5.74, 6) is 0.515. The average Bonchev–Trinajstić information content (AvgIpc) is 2.40. The van der Waals surface area contributed by atoms with Gasteiger partial charge in [-0.15, -0.1) is 0 Å². The molecule has 0 fully saturated rings. The minimum atomic E-state index is -0.531. The van der Waals surface area contributed by atoms with Crippen LogP contribution in [0.5, 0.6) is 0 Å². The lowest BCUT2D eigenvalue weighted by Gasteiger charge is -2.30. The first-order valence-electron chi connectivity index (χ1n) is 6.18. The summed E-state index contributed by atoms with van der Waals surface area (Å²) in [7, 11) is 0. The Morgan fingerprint density at radius 3 is 2.53 bits per heavy atom. The molecule has 19 heavy (non-hydrogen) atoms. The Hall–Kier alpha value is -1.50. The summed E-state index contributed by atoms with van der Waals surface area (Å²) in [6, 6.07) is 2.97. The van der Waals surface area contributed by atoms with Crippen molar-refractivity contribution in [2.45, 2.75) is 31.4 Å². The second-order valence-electron chi connectivity index (χ2n) is 4.31. The van der Waals surface area contributed by atoms with E-state index in [1.54, 1.807) is 6.07 Å². The van der Waals surface area contributed by atoms with Crippen LogP contribution in [0.4, 0.5) is 17.3 Å². The van der Waals surface area contributed by atoms with Crippen molar-refractivity contribution in [2.75, 3.05) is 23.9 Å². The van der Waals surface area contributed by atoms with E-state index >= 15 is 0 Å². The number of hydrogen-bond donors (Lipinski definition) is 2. The summed E-state index contributed by atoms with van der Waals surface area (Å²) < 4.78 is 0.151. The summed E-state index contributed by atoms with van der Waals surface area (Å²) in [4.78, 5) is 14.1. The van der Waals surface area contributed by atoms with Crippen LogP contribution in [-0.4, -0.2) is 27.5 Å². The van der Waals surface area contributed by atoms with Crippen LogP contribution in [0, 0.1) is 10.1 Å². The third-order valence-electron chi connectivity index (χ3n) is 3.41. The number of nitrogen functional groups attached to an aromatic ring is 1. The van der Waals surface area contributed by atoms with Gasteiger partial charge in [0, 0.05) is 17.4 Å². The van der Waals surface area contributed by atoms with E-state index in [0.717, 1.165) is 19.4 Å². The highest BCUT2D eigenvalue weighted by molar-refractivity contribution is 8.00. The number of nitrogens with one attached hydrogen (secondary N) is 1. The number of nitro groups is 1. The fourth-order valence-corrected chi connectivity index (χ4v) is 2.63. The summed E-state index contributed by atoms with van der Waals surface area (Å²) >= 11 is 1.82. The Morgan fingerprint density at radius 2 is 2.11 bits per heavy atom. The normalized spacial score (nSPS) is 11.3. The summed E-state index contributed by atoms with van der Waals surface area (Å²) in [5, 5.41) is 13.9. The molecule has 0 amide bonds. The van der Waals surface area contributed by atoms with Gasteiger partial charge in [-0.05, 0) is 25.2 Å². The molecular formula is C12H20N4O2S. The molecule has 0 aliphatic heterocycles. The zero-order valence-electron chi connectivity index (χ0n) is 11.5. The van der Waals surface area contributed by atoms with E-state index in [0.29, 0.717) is 5.82 Å². The highest BCUT2D eigenvalue weighted by Gasteiger charge is 2.24. The van der Waals surface area contributed by atoms with Gasteiger partial charge in [0.1, 0.15) is 5.82 Å². The van der Waals surface area contributed by atoms with Crippen LogP contribution in [-0.2, 0) is 0 Å². The maximum atomic E-state index is 10.7. The number of pyridine rings is 1. The van der Waals surface area contributed by atoms with Crippen molar-refractivity contribution >= 4 is 29.1 Å². The summed E-state index contributed by atoms with van der Waals surface area (Å²) in [6.45, 7) is 5.06. The monoisotopic (exact) mass is 284 g/mol. The molecule has 1 aromatic heterocycles. The molecule has 7 heteroatoms. The second kappa shape index (κ2) is 6.60. The van der Waals surface area contributed by atoms with Gasteiger partial charge in [-0.3, -0.25) is 10.1 Å². The maximum absolute atomic E-state index is 10.7. The molecule has 0 aliphatic carbocycles. The van der Waals surface area contributed by atoms with Gasteiger partial charge in [-0.2, -0.15) is 11.8 Å². The molecule has 0 spiro atoms. The van der Waals surface area contributed by atoms with Crippen molar-refractivity contribution in [3.8, 4) is 0 Å².